The highest BCUT2D eigenvalue weighted by Gasteiger charge is 2.13. The van der Waals surface area contributed by atoms with E-state index in [9.17, 15) is 0 Å². The van der Waals surface area contributed by atoms with Crippen molar-refractivity contribution in [2.75, 3.05) is 7.05 Å². The Balaban J connectivity index is 1.98. The number of likely N-dealkylation sites (N-methyl/N-ethyl adjacent to an activating group) is 1. The quantitative estimate of drug-likeness (QED) is 0.785. The molecule has 0 aliphatic heterocycles. The second kappa shape index (κ2) is 5.47. The molecule has 0 saturated carbocycles. The zero-order valence-corrected chi connectivity index (χ0v) is 11.9. The Kier molecular flexibility index (Phi) is 3.52. The third-order valence-electron chi connectivity index (χ3n) is 3.75. The molecule has 3 heteroatoms. The van der Waals surface area contributed by atoms with E-state index >= 15 is 0 Å². The molecule has 0 bridgehead atoms. The molecule has 0 aliphatic carbocycles. The second-order valence-electron chi connectivity index (χ2n) is 5.14. The molecule has 3 aromatic rings. The van der Waals surface area contributed by atoms with Crippen LogP contribution in [-0.2, 0) is 13.5 Å². The third kappa shape index (κ3) is 2.45. The van der Waals surface area contributed by atoms with Crippen molar-refractivity contribution in [1.82, 2.24) is 15.1 Å². The highest BCUT2D eigenvalue weighted by molar-refractivity contribution is 5.86. The molecule has 1 atom stereocenters. The average molecular weight is 265 g/mol. The molecule has 0 radical (unpaired) electrons. The molecule has 0 fully saturated rings. The van der Waals surface area contributed by atoms with Crippen molar-refractivity contribution in [3.05, 3.63) is 66.0 Å². The molecule has 1 unspecified atom stereocenters. The summed E-state index contributed by atoms with van der Waals surface area (Å²) in [5.74, 6) is 0. The van der Waals surface area contributed by atoms with Gasteiger partial charge in [0.25, 0.3) is 0 Å². The number of nitrogens with one attached hydrogen (secondary N) is 1. The van der Waals surface area contributed by atoms with E-state index in [1.807, 2.05) is 25.0 Å². The molecular formula is C17H19N3. The Labute approximate surface area is 119 Å². The van der Waals surface area contributed by atoms with Crippen LogP contribution < -0.4 is 5.32 Å². The Morgan fingerprint density at radius 1 is 1.15 bits per heavy atom. The highest BCUT2D eigenvalue weighted by Crippen LogP contribution is 2.26. The number of benzene rings is 2. The maximum atomic E-state index is 4.25. The molecular weight excluding hydrogens is 246 g/mol. The van der Waals surface area contributed by atoms with Gasteiger partial charge in [0.05, 0.1) is 6.20 Å². The number of aromatic nitrogens is 2. The zero-order chi connectivity index (χ0) is 13.9. The maximum absolute atomic E-state index is 4.25. The SMILES string of the molecule is CNC(Cc1cnn(C)c1)c1cccc2ccccc12. The lowest BCUT2D eigenvalue weighted by Gasteiger charge is -2.18. The summed E-state index contributed by atoms with van der Waals surface area (Å²) in [6, 6.07) is 15.3. The summed E-state index contributed by atoms with van der Waals surface area (Å²) in [6.07, 6.45) is 4.96. The van der Waals surface area contributed by atoms with E-state index in [2.05, 4.69) is 59.1 Å². The van der Waals surface area contributed by atoms with Crippen LogP contribution in [0, 0.1) is 0 Å². The van der Waals surface area contributed by atoms with E-state index in [0.717, 1.165) is 6.42 Å². The van der Waals surface area contributed by atoms with E-state index < -0.39 is 0 Å². The fraction of sp³-hybridized carbons (Fsp3) is 0.235. The summed E-state index contributed by atoms with van der Waals surface area (Å²) < 4.78 is 1.85. The summed E-state index contributed by atoms with van der Waals surface area (Å²) >= 11 is 0. The van der Waals surface area contributed by atoms with E-state index in [-0.39, 0.29) is 0 Å². The fourth-order valence-electron chi connectivity index (χ4n) is 2.73. The topological polar surface area (TPSA) is 29.9 Å². The van der Waals surface area contributed by atoms with Gasteiger partial charge in [-0.05, 0) is 35.4 Å². The van der Waals surface area contributed by atoms with Crippen LogP contribution in [0.25, 0.3) is 10.8 Å². The Hall–Kier alpha value is -2.13. The van der Waals surface area contributed by atoms with Crippen LogP contribution in [0.5, 0.6) is 0 Å². The lowest BCUT2D eigenvalue weighted by Crippen LogP contribution is -2.19. The predicted molar refractivity (Wildman–Crippen MR) is 82.7 cm³/mol. The minimum Gasteiger partial charge on any atom is -0.313 e. The van der Waals surface area contributed by atoms with Crippen molar-refractivity contribution in [3.63, 3.8) is 0 Å². The van der Waals surface area contributed by atoms with E-state index in [4.69, 9.17) is 0 Å². The lowest BCUT2D eigenvalue weighted by molar-refractivity contribution is 0.596. The maximum Gasteiger partial charge on any atom is 0.0522 e. The van der Waals surface area contributed by atoms with Gasteiger partial charge in [-0.2, -0.15) is 5.10 Å². The van der Waals surface area contributed by atoms with E-state index in [1.54, 1.807) is 0 Å². The van der Waals surface area contributed by atoms with Gasteiger partial charge in [0.2, 0.25) is 0 Å². The van der Waals surface area contributed by atoms with E-state index in [1.165, 1.54) is 21.9 Å². The molecule has 1 heterocycles. The summed E-state index contributed by atoms with van der Waals surface area (Å²) in [7, 11) is 3.97. The van der Waals surface area contributed by atoms with Gasteiger partial charge < -0.3 is 5.32 Å². The first kappa shape index (κ1) is 12.9. The Morgan fingerprint density at radius 3 is 2.70 bits per heavy atom. The number of hydrogen-bond acceptors (Lipinski definition) is 2. The van der Waals surface area contributed by atoms with Gasteiger partial charge in [0, 0.05) is 19.3 Å². The van der Waals surface area contributed by atoms with Gasteiger partial charge in [-0.1, -0.05) is 42.5 Å². The van der Waals surface area contributed by atoms with Gasteiger partial charge in [-0.25, -0.2) is 0 Å². The van der Waals surface area contributed by atoms with Crippen molar-refractivity contribution in [1.29, 1.82) is 0 Å². The van der Waals surface area contributed by atoms with Crippen molar-refractivity contribution >= 4 is 10.8 Å². The minimum absolute atomic E-state index is 0.297. The third-order valence-corrected chi connectivity index (χ3v) is 3.75. The number of hydrogen-bond donors (Lipinski definition) is 1. The number of fused-ring (bicyclic) bond motifs is 1. The second-order valence-corrected chi connectivity index (χ2v) is 5.14. The van der Waals surface area contributed by atoms with Crippen LogP contribution in [0.2, 0.25) is 0 Å². The molecule has 1 N–H and O–H groups in total. The van der Waals surface area contributed by atoms with Crippen molar-refractivity contribution in [3.8, 4) is 0 Å². The summed E-state index contributed by atoms with van der Waals surface area (Å²) in [5, 5.41) is 10.3. The molecule has 3 nitrogen and oxygen atoms in total. The smallest absolute Gasteiger partial charge is 0.0522 e. The summed E-state index contributed by atoms with van der Waals surface area (Å²) in [5.41, 5.74) is 2.59. The van der Waals surface area contributed by atoms with Crippen LogP contribution >= 0.6 is 0 Å². The van der Waals surface area contributed by atoms with Gasteiger partial charge >= 0.3 is 0 Å². The summed E-state index contributed by atoms with van der Waals surface area (Å²) in [4.78, 5) is 0. The van der Waals surface area contributed by atoms with Crippen LogP contribution in [0.4, 0.5) is 0 Å². The van der Waals surface area contributed by atoms with Crippen molar-refractivity contribution in [2.24, 2.45) is 7.05 Å². The van der Waals surface area contributed by atoms with Gasteiger partial charge in [0.15, 0.2) is 0 Å². The molecule has 102 valence electrons. The highest BCUT2D eigenvalue weighted by atomic mass is 15.2. The number of aryl methyl sites for hydroxylation is 1. The molecule has 0 aliphatic rings. The average Bonchev–Trinajstić information content (AvgIpc) is 2.89. The van der Waals surface area contributed by atoms with Gasteiger partial charge in [0.1, 0.15) is 0 Å². The van der Waals surface area contributed by atoms with Crippen LogP contribution in [-0.4, -0.2) is 16.8 Å². The first-order valence-electron chi connectivity index (χ1n) is 6.90. The fourth-order valence-corrected chi connectivity index (χ4v) is 2.73. The zero-order valence-electron chi connectivity index (χ0n) is 11.9. The molecule has 3 rings (SSSR count). The molecule has 0 amide bonds. The number of nitrogens with zero attached hydrogens (tertiary/aromatic N) is 2. The van der Waals surface area contributed by atoms with Crippen LogP contribution in [0.1, 0.15) is 17.2 Å². The van der Waals surface area contributed by atoms with E-state index in [0.29, 0.717) is 6.04 Å². The lowest BCUT2D eigenvalue weighted by atomic mass is 9.95. The predicted octanol–water partition coefficient (Wildman–Crippen LogP) is 3.08. The monoisotopic (exact) mass is 265 g/mol. The number of rotatable bonds is 4. The normalized spacial score (nSPS) is 12.7. The molecule has 2 aromatic carbocycles. The van der Waals surface area contributed by atoms with Gasteiger partial charge in [-0.3, -0.25) is 4.68 Å². The molecule has 0 saturated heterocycles. The Bertz CT molecular complexity index is 710. The first-order valence-corrected chi connectivity index (χ1v) is 6.90. The first-order chi connectivity index (χ1) is 9.78. The molecule has 20 heavy (non-hydrogen) atoms. The van der Waals surface area contributed by atoms with Gasteiger partial charge in [-0.15, -0.1) is 0 Å². The van der Waals surface area contributed by atoms with Crippen molar-refractivity contribution in [2.45, 2.75) is 12.5 Å². The van der Waals surface area contributed by atoms with Crippen LogP contribution in [0.3, 0.4) is 0 Å². The molecule has 0 spiro atoms. The largest absolute Gasteiger partial charge is 0.313 e. The standard InChI is InChI=1S/C17H19N3/c1-18-17(10-13-11-19-20(2)12-13)16-9-5-7-14-6-3-4-8-15(14)16/h3-9,11-12,17-18H,10H2,1-2H3. The summed E-state index contributed by atoms with van der Waals surface area (Å²) in [6.45, 7) is 0. The Morgan fingerprint density at radius 2 is 1.95 bits per heavy atom. The van der Waals surface area contributed by atoms with Crippen molar-refractivity contribution < 1.29 is 0 Å². The molecule has 1 aromatic heterocycles. The van der Waals surface area contributed by atoms with Crippen LogP contribution in [0.15, 0.2) is 54.9 Å². The minimum atomic E-state index is 0.297.